The minimum absolute atomic E-state index is 0.209. The first-order valence-corrected chi connectivity index (χ1v) is 7.63. The van der Waals surface area contributed by atoms with E-state index in [1.807, 2.05) is 49.4 Å². The summed E-state index contributed by atoms with van der Waals surface area (Å²) in [5.74, 6) is -0.209. The third-order valence-electron chi connectivity index (χ3n) is 3.48. The Kier molecular flexibility index (Phi) is 4.60. The standard InChI is InChI=1S/C17H16ClN3O2/c1-12-16(20-23-11-13-7-9-14(18)10-8-13)17(22)21(19-12)15-5-3-2-4-6-15/h2-10,12,19H,11H2,1H3. The lowest BCUT2D eigenvalue weighted by molar-refractivity contribution is -0.112. The van der Waals surface area contributed by atoms with Gasteiger partial charge in [0, 0.05) is 5.02 Å². The predicted octanol–water partition coefficient (Wildman–Crippen LogP) is 3.15. The zero-order valence-corrected chi connectivity index (χ0v) is 13.3. The number of amides is 1. The fourth-order valence-corrected chi connectivity index (χ4v) is 2.38. The molecule has 1 aliphatic heterocycles. The van der Waals surface area contributed by atoms with Crippen molar-refractivity contribution in [3.05, 3.63) is 65.2 Å². The number of hydrogen-bond donors (Lipinski definition) is 1. The van der Waals surface area contributed by atoms with Crippen LogP contribution in [0.3, 0.4) is 0 Å². The highest BCUT2D eigenvalue weighted by atomic mass is 35.5. The van der Waals surface area contributed by atoms with Gasteiger partial charge in [-0.2, -0.15) is 0 Å². The van der Waals surface area contributed by atoms with Crippen LogP contribution in [0, 0.1) is 0 Å². The SMILES string of the molecule is CC1NN(c2ccccc2)C(=O)C1=NOCc1ccc(Cl)cc1. The highest BCUT2D eigenvalue weighted by Gasteiger charge is 2.35. The molecule has 1 fully saturated rings. The van der Waals surface area contributed by atoms with E-state index < -0.39 is 0 Å². The zero-order chi connectivity index (χ0) is 16.2. The lowest BCUT2D eigenvalue weighted by Gasteiger charge is -2.15. The molecular formula is C17H16ClN3O2. The number of nitrogens with one attached hydrogen (secondary N) is 1. The molecule has 23 heavy (non-hydrogen) atoms. The van der Waals surface area contributed by atoms with Crippen LogP contribution in [0.25, 0.3) is 0 Å². The average molecular weight is 330 g/mol. The van der Waals surface area contributed by atoms with Gasteiger partial charge in [0.05, 0.1) is 11.7 Å². The van der Waals surface area contributed by atoms with Gasteiger partial charge in [-0.1, -0.05) is 47.1 Å². The number of carbonyl (C=O) groups is 1. The number of halogens is 1. The first-order chi connectivity index (χ1) is 11.1. The van der Waals surface area contributed by atoms with E-state index in [1.54, 1.807) is 12.1 Å². The van der Waals surface area contributed by atoms with E-state index in [4.69, 9.17) is 16.4 Å². The van der Waals surface area contributed by atoms with E-state index in [1.165, 1.54) is 5.01 Å². The van der Waals surface area contributed by atoms with Crippen LogP contribution in [0.1, 0.15) is 12.5 Å². The second kappa shape index (κ2) is 6.81. The molecule has 1 heterocycles. The molecular weight excluding hydrogens is 314 g/mol. The van der Waals surface area contributed by atoms with Crippen LogP contribution in [-0.2, 0) is 16.2 Å². The summed E-state index contributed by atoms with van der Waals surface area (Å²) in [4.78, 5) is 17.8. The minimum Gasteiger partial charge on any atom is -0.390 e. The molecule has 1 aliphatic rings. The topological polar surface area (TPSA) is 53.9 Å². The summed E-state index contributed by atoms with van der Waals surface area (Å²) in [6.07, 6.45) is 0. The Hall–Kier alpha value is -2.37. The summed E-state index contributed by atoms with van der Waals surface area (Å²) in [6.45, 7) is 2.15. The van der Waals surface area contributed by atoms with Gasteiger partial charge in [-0.15, -0.1) is 0 Å². The Morgan fingerprint density at radius 1 is 1.17 bits per heavy atom. The van der Waals surface area contributed by atoms with Crippen molar-refractivity contribution in [2.45, 2.75) is 19.6 Å². The van der Waals surface area contributed by atoms with Crippen LogP contribution in [0.5, 0.6) is 0 Å². The lowest BCUT2D eigenvalue weighted by Crippen LogP contribution is -2.36. The zero-order valence-electron chi connectivity index (χ0n) is 12.6. The van der Waals surface area contributed by atoms with Gasteiger partial charge >= 0.3 is 0 Å². The van der Waals surface area contributed by atoms with E-state index in [9.17, 15) is 4.79 Å². The van der Waals surface area contributed by atoms with Crippen molar-refractivity contribution < 1.29 is 9.63 Å². The Bertz CT molecular complexity index is 716. The molecule has 2 aromatic carbocycles. The largest absolute Gasteiger partial charge is 0.390 e. The molecule has 5 nitrogen and oxygen atoms in total. The van der Waals surface area contributed by atoms with E-state index >= 15 is 0 Å². The van der Waals surface area contributed by atoms with Crippen molar-refractivity contribution >= 4 is 28.9 Å². The van der Waals surface area contributed by atoms with Gasteiger partial charge in [-0.3, -0.25) is 4.79 Å². The molecule has 0 aromatic heterocycles. The third kappa shape index (κ3) is 3.52. The average Bonchev–Trinajstić information content (AvgIpc) is 2.85. The highest BCUT2D eigenvalue weighted by molar-refractivity contribution is 6.47. The second-order valence-corrected chi connectivity index (χ2v) is 5.64. The van der Waals surface area contributed by atoms with Crippen LogP contribution in [-0.4, -0.2) is 17.7 Å². The van der Waals surface area contributed by atoms with Gasteiger partial charge in [-0.25, -0.2) is 10.4 Å². The van der Waals surface area contributed by atoms with Crippen LogP contribution in [0.15, 0.2) is 59.8 Å². The maximum Gasteiger partial charge on any atom is 0.292 e. The lowest BCUT2D eigenvalue weighted by atomic mass is 10.2. The van der Waals surface area contributed by atoms with Gasteiger partial charge < -0.3 is 4.84 Å². The van der Waals surface area contributed by atoms with Crippen LogP contribution in [0.2, 0.25) is 5.02 Å². The number of rotatable bonds is 4. The monoisotopic (exact) mass is 329 g/mol. The first-order valence-electron chi connectivity index (χ1n) is 7.25. The van der Waals surface area contributed by atoms with Gasteiger partial charge in [0.2, 0.25) is 0 Å². The maximum absolute atomic E-state index is 12.4. The number of hydrogen-bond acceptors (Lipinski definition) is 4. The summed E-state index contributed by atoms with van der Waals surface area (Å²) in [6, 6.07) is 16.4. The van der Waals surface area contributed by atoms with Gasteiger partial charge in [0.15, 0.2) is 5.71 Å². The molecule has 3 rings (SSSR count). The van der Waals surface area contributed by atoms with E-state index in [0.717, 1.165) is 11.3 Å². The predicted molar refractivity (Wildman–Crippen MR) is 90.2 cm³/mol. The fraction of sp³-hybridized carbons (Fsp3) is 0.176. The second-order valence-electron chi connectivity index (χ2n) is 5.20. The number of nitrogens with zero attached hydrogens (tertiary/aromatic N) is 2. The number of anilines is 1. The molecule has 0 spiro atoms. The molecule has 118 valence electrons. The fourth-order valence-electron chi connectivity index (χ4n) is 2.26. The van der Waals surface area contributed by atoms with Crippen molar-refractivity contribution in [1.29, 1.82) is 0 Å². The third-order valence-corrected chi connectivity index (χ3v) is 3.73. The Morgan fingerprint density at radius 2 is 1.87 bits per heavy atom. The molecule has 1 N–H and O–H groups in total. The quantitative estimate of drug-likeness (QED) is 0.877. The molecule has 1 atom stereocenters. The number of para-hydroxylation sites is 1. The van der Waals surface area contributed by atoms with Crippen molar-refractivity contribution in [2.75, 3.05) is 5.01 Å². The normalized spacial score (nSPS) is 19.4. The van der Waals surface area contributed by atoms with Crippen molar-refractivity contribution in [2.24, 2.45) is 5.16 Å². The van der Waals surface area contributed by atoms with Gasteiger partial charge in [0.25, 0.3) is 5.91 Å². The number of oxime groups is 1. The molecule has 6 heteroatoms. The first kappa shape index (κ1) is 15.5. The Balaban J connectivity index is 1.67. The van der Waals surface area contributed by atoms with Gasteiger partial charge in [0.1, 0.15) is 6.61 Å². The van der Waals surface area contributed by atoms with Crippen LogP contribution < -0.4 is 10.4 Å². The number of benzene rings is 2. The molecule has 0 radical (unpaired) electrons. The molecule has 2 aromatic rings. The van der Waals surface area contributed by atoms with Crippen LogP contribution in [0.4, 0.5) is 5.69 Å². The molecule has 0 bridgehead atoms. The van der Waals surface area contributed by atoms with E-state index in [0.29, 0.717) is 10.7 Å². The molecule has 0 aliphatic carbocycles. The van der Waals surface area contributed by atoms with E-state index in [2.05, 4.69) is 10.6 Å². The van der Waals surface area contributed by atoms with Crippen molar-refractivity contribution in [3.63, 3.8) is 0 Å². The minimum atomic E-state index is -0.215. The summed E-state index contributed by atoms with van der Waals surface area (Å²) in [5, 5.41) is 6.16. The molecule has 1 unspecified atom stereocenters. The van der Waals surface area contributed by atoms with E-state index in [-0.39, 0.29) is 18.6 Å². The summed E-state index contributed by atoms with van der Waals surface area (Å²) >= 11 is 5.84. The Labute approximate surface area is 139 Å². The summed E-state index contributed by atoms with van der Waals surface area (Å²) < 4.78 is 0. The molecule has 1 amide bonds. The Morgan fingerprint density at radius 3 is 2.57 bits per heavy atom. The van der Waals surface area contributed by atoms with Crippen molar-refractivity contribution in [3.8, 4) is 0 Å². The number of hydrazine groups is 1. The summed E-state index contributed by atoms with van der Waals surface area (Å²) in [5.41, 5.74) is 5.14. The van der Waals surface area contributed by atoms with Crippen LogP contribution >= 0.6 is 11.6 Å². The maximum atomic E-state index is 12.4. The van der Waals surface area contributed by atoms with Gasteiger partial charge in [-0.05, 0) is 36.8 Å². The highest BCUT2D eigenvalue weighted by Crippen LogP contribution is 2.17. The van der Waals surface area contributed by atoms with Crippen molar-refractivity contribution in [1.82, 2.24) is 5.43 Å². The smallest absolute Gasteiger partial charge is 0.292 e. The molecule has 0 saturated carbocycles. The molecule has 1 saturated heterocycles. The number of carbonyl (C=O) groups excluding carboxylic acids is 1. The summed E-state index contributed by atoms with van der Waals surface area (Å²) in [7, 11) is 0.